The van der Waals surface area contributed by atoms with E-state index in [2.05, 4.69) is 0 Å². The lowest BCUT2D eigenvalue weighted by molar-refractivity contribution is -0.146. The highest BCUT2D eigenvalue weighted by molar-refractivity contribution is 5.85. The fourth-order valence-corrected chi connectivity index (χ4v) is 1.69. The molecular formula is C10H16O3. The summed E-state index contributed by atoms with van der Waals surface area (Å²) in [6.07, 6.45) is 3.84. The van der Waals surface area contributed by atoms with E-state index in [0.29, 0.717) is 13.0 Å². The molecule has 0 unspecified atom stereocenters. The summed E-state index contributed by atoms with van der Waals surface area (Å²) >= 11 is 0. The number of ether oxygens (including phenoxy) is 1. The molecule has 13 heavy (non-hydrogen) atoms. The largest absolute Gasteiger partial charge is 0.466 e. The first kappa shape index (κ1) is 10.2. The molecule has 0 radical (unpaired) electrons. The molecule has 3 heteroatoms. The summed E-state index contributed by atoms with van der Waals surface area (Å²) in [5.74, 6) is -0.0603. The second kappa shape index (κ2) is 5.00. The molecule has 1 rings (SSSR count). The van der Waals surface area contributed by atoms with Crippen LogP contribution in [-0.2, 0) is 14.3 Å². The van der Waals surface area contributed by atoms with Gasteiger partial charge in [-0.05, 0) is 19.8 Å². The highest BCUT2D eigenvalue weighted by Gasteiger charge is 2.24. The number of ketones is 1. The van der Waals surface area contributed by atoms with Crippen molar-refractivity contribution in [2.45, 2.75) is 39.0 Å². The molecule has 0 saturated heterocycles. The Balaban J connectivity index is 2.33. The van der Waals surface area contributed by atoms with E-state index in [1.165, 1.54) is 0 Å². The zero-order valence-electron chi connectivity index (χ0n) is 8.04. The van der Waals surface area contributed by atoms with Crippen LogP contribution in [0.3, 0.4) is 0 Å². The van der Waals surface area contributed by atoms with Crippen molar-refractivity contribution in [1.29, 1.82) is 0 Å². The van der Waals surface area contributed by atoms with Crippen molar-refractivity contribution in [1.82, 2.24) is 0 Å². The first-order valence-corrected chi connectivity index (χ1v) is 4.92. The third-order valence-corrected chi connectivity index (χ3v) is 2.40. The topological polar surface area (TPSA) is 43.4 Å². The van der Waals surface area contributed by atoms with Crippen LogP contribution in [0.1, 0.15) is 39.0 Å². The van der Waals surface area contributed by atoms with Gasteiger partial charge in [0.2, 0.25) is 0 Å². The van der Waals surface area contributed by atoms with Crippen LogP contribution < -0.4 is 0 Å². The maximum atomic E-state index is 11.3. The van der Waals surface area contributed by atoms with Crippen LogP contribution in [0.2, 0.25) is 0 Å². The minimum atomic E-state index is -0.234. The smallest absolute Gasteiger partial charge is 0.306 e. The van der Waals surface area contributed by atoms with E-state index in [1.807, 2.05) is 0 Å². The molecule has 0 aliphatic heterocycles. The molecule has 0 amide bonds. The summed E-state index contributed by atoms with van der Waals surface area (Å²) in [5, 5.41) is 0. The summed E-state index contributed by atoms with van der Waals surface area (Å²) in [6, 6.07) is 0. The van der Waals surface area contributed by atoms with E-state index in [9.17, 15) is 9.59 Å². The maximum absolute atomic E-state index is 11.3. The second-order valence-corrected chi connectivity index (χ2v) is 3.42. The lowest BCUT2D eigenvalue weighted by atomic mass is 9.86. The van der Waals surface area contributed by atoms with Crippen molar-refractivity contribution in [3.8, 4) is 0 Å². The van der Waals surface area contributed by atoms with Gasteiger partial charge in [0, 0.05) is 12.3 Å². The van der Waals surface area contributed by atoms with Crippen molar-refractivity contribution >= 4 is 11.8 Å². The van der Waals surface area contributed by atoms with Gasteiger partial charge in [-0.1, -0.05) is 6.42 Å². The fraction of sp³-hybridized carbons (Fsp3) is 0.800. The average molecular weight is 184 g/mol. The Bertz CT molecular complexity index is 198. The molecule has 0 aromatic heterocycles. The molecule has 0 spiro atoms. The molecule has 0 N–H and O–H groups in total. The normalized spacial score (nSPS) is 22.8. The van der Waals surface area contributed by atoms with Crippen LogP contribution >= 0.6 is 0 Å². The van der Waals surface area contributed by atoms with Crippen LogP contribution in [0.25, 0.3) is 0 Å². The summed E-state index contributed by atoms with van der Waals surface area (Å²) in [5.41, 5.74) is 0. The van der Waals surface area contributed by atoms with Gasteiger partial charge in [-0.3, -0.25) is 9.59 Å². The van der Waals surface area contributed by atoms with Gasteiger partial charge in [0.05, 0.1) is 13.0 Å². The zero-order chi connectivity index (χ0) is 9.68. The zero-order valence-corrected chi connectivity index (χ0v) is 8.04. The van der Waals surface area contributed by atoms with Gasteiger partial charge in [0.1, 0.15) is 5.78 Å². The predicted molar refractivity (Wildman–Crippen MR) is 48.2 cm³/mol. The Morgan fingerprint density at radius 1 is 1.54 bits per heavy atom. The van der Waals surface area contributed by atoms with Gasteiger partial charge < -0.3 is 4.74 Å². The Kier molecular flexibility index (Phi) is 3.93. The minimum absolute atomic E-state index is 0.0622. The number of esters is 1. The Labute approximate surface area is 78.5 Å². The van der Waals surface area contributed by atoms with Crippen molar-refractivity contribution in [3.05, 3.63) is 0 Å². The molecule has 0 heterocycles. The molecule has 0 aromatic carbocycles. The Morgan fingerprint density at radius 3 is 2.92 bits per heavy atom. The minimum Gasteiger partial charge on any atom is -0.466 e. The van der Waals surface area contributed by atoms with Gasteiger partial charge in [0.25, 0.3) is 0 Å². The lowest BCUT2D eigenvalue weighted by Gasteiger charge is -2.19. The van der Waals surface area contributed by atoms with Crippen molar-refractivity contribution in [3.63, 3.8) is 0 Å². The number of rotatable bonds is 3. The summed E-state index contributed by atoms with van der Waals surface area (Å²) in [6.45, 7) is 2.18. The second-order valence-electron chi connectivity index (χ2n) is 3.42. The third-order valence-electron chi connectivity index (χ3n) is 2.40. The molecule has 1 saturated carbocycles. The molecular weight excluding hydrogens is 168 g/mol. The third kappa shape index (κ3) is 3.17. The number of hydrogen-bond acceptors (Lipinski definition) is 3. The first-order valence-electron chi connectivity index (χ1n) is 4.92. The van der Waals surface area contributed by atoms with Crippen LogP contribution in [-0.4, -0.2) is 18.4 Å². The van der Waals surface area contributed by atoms with E-state index in [1.54, 1.807) is 6.92 Å². The molecule has 74 valence electrons. The van der Waals surface area contributed by atoms with Gasteiger partial charge in [-0.25, -0.2) is 0 Å². The van der Waals surface area contributed by atoms with Crippen molar-refractivity contribution in [2.24, 2.45) is 5.92 Å². The Hall–Kier alpha value is -0.860. The van der Waals surface area contributed by atoms with Gasteiger partial charge in [-0.15, -0.1) is 0 Å². The number of carbonyl (C=O) groups is 2. The van der Waals surface area contributed by atoms with Crippen LogP contribution in [0, 0.1) is 5.92 Å². The molecule has 1 aliphatic rings. The SMILES string of the molecule is CCOC(=O)C[C@H]1CCCCC1=O. The van der Waals surface area contributed by atoms with Crippen molar-refractivity contribution < 1.29 is 14.3 Å². The summed E-state index contributed by atoms with van der Waals surface area (Å²) in [4.78, 5) is 22.4. The fourth-order valence-electron chi connectivity index (χ4n) is 1.69. The standard InChI is InChI=1S/C10H16O3/c1-2-13-10(12)7-8-5-3-4-6-9(8)11/h8H,2-7H2,1H3/t8-/m1/s1. The van der Waals surface area contributed by atoms with E-state index < -0.39 is 0 Å². The molecule has 0 aromatic rings. The van der Waals surface area contributed by atoms with Crippen LogP contribution in [0.4, 0.5) is 0 Å². The van der Waals surface area contributed by atoms with Gasteiger partial charge in [0.15, 0.2) is 0 Å². The molecule has 1 atom stereocenters. The highest BCUT2D eigenvalue weighted by Crippen LogP contribution is 2.23. The van der Waals surface area contributed by atoms with E-state index in [-0.39, 0.29) is 24.1 Å². The molecule has 1 aliphatic carbocycles. The van der Waals surface area contributed by atoms with E-state index >= 15 is 0 Å². The number of carbonyl (C=O) groups excluding carboxylic acids is 2. The van der Waals surface area contributed by atoms with Gasteiger partial charge in [-0.2, -0.15) is 0 Å². The van der Waals surface area contributed by atoms with Gasteiger partial charge >= 0.3 is 5.97 Å². The van der Waals surface area contributed by atoms with E-state index in [4.69, 9.17) is 4.74 Å². The highest BCUT2D eigenvalue weighted by atomic mass is 16.5. The monoisotopic (exact) mass is 184 g/mol. The lowest BCUT2D eigenvalue weighted by Crippen LogP contribution is -2.22. The molecule has 0 bridgehead atoms. The van der Waals surface area contributed by atoms with Crippen molar-refractivity contribution in [2.75, 3.05) is 6.61 Å². The summed E-state index contributed by atoms with van der Waals surface area (Å²) < 4.78 is 4.80. The maximum Gasteiger partial charge on any atom is 0.306 e. The first-order chi connectivity index (χ1) is 6.24. The number of hydrogen-bond donors (Lipinski definition) is 0. The van der Waals surface area contributed by atoms with Crippen LogP contribution in [0.5, 0.6) is 0 Å². The Morgan fingerprint density at radius 2 is 2.31 bits per heavy atom. The summed E-state index contributed by atoms with van der Waals surface area (Å²) in [7, 11) is 0. The number of Topliss-reactive ketones (excluding diaryl/α,β-unsaturated/α-hetero) is 1. The quantitative estimate of drug-likeness (QED) is 0.627. The van der Waals surface area contributed by atoms with E-state index in [0.717, 1.165) is 19.3 Å². The van der Waals surface area contributed by atoms with Crippen LogP contribution in [0.15, 0.2) is 0 Å². The predicted octanol–water partition coefficient (Wildman–Crippen LogP) is 1.70. The molecule has 3 nitrogen and oxygen atoms in total. The average Bonchev–Trinajstić information content (AvgIpc) is 2.09. The molecule has 1 fully saturated rings.